The van der Waals surface area contributed by atoms with E-state index in [1.165, 1.54) is 0 Å². The molecule has 104 valence electrons. The molecule has 1 saturated carbocycles. The van der Waals surface area contributed by atoms with Crippen LogP contribution in [0.3, 0.4) is 0 Å². The second-order valence-corrected chi connectivity index (χ2v) is 5.97. The monoisotopic (exact) mass is 263 g/mol. The van der Waals surface area contributed by atoms with Crippen LogP contribution in [0.15, 0.2) is 24.3 Å². The Kier molecular flexibility index (Phi) is 3.69. The van der Waals surface area contributed by atoms with Gasteiger partial charge in [0.15, 0.2) is 0 Å². The fourth-order valence-corrected chi connectivity index (χ4v) is 1.88. The largest absolute Gasteiger partial charge is 0.508 e. The van der Waals surface area contributed by atoms with Crippen LogP contribution >= 0.6 is 0 Å². The van der Waals surface area contributed by atoms with Gasteiger partial charge in [0, 0.05) is 11.6 Å². The van der Waals surface area contributed by atoms with Crippen molar-refractivity contribution in [2.24, 2.45) is 0 Å². The zero-order valence-corrected chi connectivity index (χ0v) is 11.7. The third-order valence-electron chi connectivity index (χ3n) is 2.95. The summed E-state index contributed by atoms with van der Waals surface area (Å²) in [6, 6.07) is 7.34. The molecule has 19 heavy (non-hydrogen) atoms. The molecule has 0 aromatic heterocycles. The lowest BCUT2D eigenvalue weighted by molar-refractivity contribution is 0.0216. The van der Waals surface area contributed by atoms with Gasteiger partial charge in [-0.1, -0.05) is 18.2 Å². The van der Waals surface area contributed by atoms with Gasteiger partial charge in [-0.3, -0.25) is 0 Å². The quantitative estimate of drug-likeness (QED) is 0.910. The van der Waals surface area contributed by atoms with Crippen molar-refractivity contribution in [2.75, 3.05) is 0 Å². The molecule has 0 saturated heterocycles. The van der Waals surface area contributed by atoms with Gasteiger partial charge >= 0.3 is 6.09 Å². The summed E-state index contributed by atoms with van der Waals surface area (Å²) in [5.74, 6) is 0.219. The van der Waals surface area contributed by atoms with E-state index in [0.717, 1.165) is 18.4 Å². The van der Waals surface area contributed by atoms with Crippen LogP contribution in [0.4, 0.5) is 4.79 Å². The molecule has 0 aliphatic heterocycles. The minimum atomic E-state index is -0.497. The number of carbonyl (C=O) groups is 1. The first-order valence-corrected chi connectivity index (χ1v) is 6.63. The van der Waals surface area contributed by atoms with E-state index in [4.69, 9.17) is 4.74 Å². The van der Waals surface area contributed by atoms with Crippen LogP contribution in [0.25, 0.3) is 0 Å². The van der Waals surface area contributed by atoms with Crippen molar-refractivity contribution in [3.05, 3.63) is 29.8 Å². The molecule has 1 aromatic carbocycles. The number of phenolic OH excluding ortho intramolecular Hbond substituents is 1. The van der Waals surface area contributed by atoms with Crippen molar-refractivity contribution in [1.82, 2.24) is 4.90 Å². The Hall–Kier alpha value is -1.71. The Morgan fingerprint density at radius 1 is 1.37 bits per heavy atom. The first-order chi connectivity index (χ1) is 8.87. The fraction of sp³-hybridized carbons (Fsp3) is 0.533. The molecule has 1 fully saturated rings. The lowest BCUT2D eigenvalue weighted by Gasteiger charge is -2.27. The van der Waals surface area contributed by atoms with Crippen molar-refractivity contribution < 1.29 is 14.6 Å². The highest BCUT2D eigenvalue weighted by Gasteiger charge is 2.35. The summed E-state index contributed by atoms with van der Waals surface area (Å²) in [5, 5.41) is 9.80. The number of hydrogen-bond donors (Lipinski definition) is 1. The number of rotatable bonds is 3. The molecule has 0 unspecified atom stereocenters. The smallest absolute Gasteiger partial charge is 0.410 e. The van der Waals surface area contributed by atoms with E-state index in [-0.39, 0.29) is 17.9 Å². The normalized spacial score (nSPS) is 15.1. The zero-order valence-electron chi connectivity index (χ0n) is 11.7. The van der Waals surface area contributed by atoms with Gasteiger partial charge in [0.2, 0.25) is 0 Å². The lowest BCUT2D eigenvalue weighted by atomic mass is 10.2. The Morgan fingerprint density at radius 3 is 2.53 bits per heavy atom. The molecule has 2 rings (SSSR count). The molecule has 1 amide bonds. The number of phenols is 1. The fourth-order valence-electron chi connectivity index (χ4n) is 1.88. The number of para-hydroxylation sites is 1. The van der Waals surface area contributed by atoms with Gasteiger partial charge in [0.05, 0.1) is 6.54 Å². The summed E-state index contributed by atoms with van der Waals surface area (Å²) >= 11 is 0. The highest BCUT2D eigenvalue weighted by Crippen LogP contribution is 2.31. The van der Waals surface area contributed by atoms with Crippen LogP contribution in [0.5, 0.6) is 5.75 Å². The van der Waals surface area contributed by atoms with Gasteiger partial charge < -0.3 is 14.7 Å². The van der Waals surface area contributed by atoms with Crippen molar-refractivity contribution in [2.45, 2.75) is 51.8 Å². The number of nitrogens with zero attached hydrogens (tertiary/aromatic N) is 1. The number of benzene rings is 1. The van der Waals surface area contributed by atoms with E-state index >= 15 is 0 Å². The second kappa shape index (κ2) is 5.11. The van der Waals surface area contributed by atoms with Gasteiger partial charge in [-0.05, 0) is 39.7 Å². The number of carbonyl (C=O) groups excluding carboxylic acids is 1. The lowest BCUT2D eigenvalue weighted by Crippen LogP contribution is -2.37. The highest BCUT2D eigenvalue weighted by atomic mass is 16.6. The Bertz CT molecular complexity index is 461. The number of aromatic hydroxyl groups is 1. The van der Waals surface area contributed by atoms with E-state index in [1.54, 1.807) is 17.0 Å². The topological polar surface area (TPSA) is 49.8 Å². The molecule has 1 aliphatic carbocycles. The van der Waals surface area contributed by atoms with Crippen molar-refractivity contribution in [3.8, 4) is 5.75 Å². The van der Waals surface area contributed by atoms with Crippen molar-refractivity contribution in [3.63, 3.8) is 0 Å². The molecule has 1 aliphatic rings. The van der Waals surface area contributed by atoms with E-state index in [1.807, 2.05) is 32.9 Å². The molecule has 0 spiro atoms. The standard InChI is InChI=1S/C15H21NO3/c1-15(2,3)19-14(18)16(12-8-9-12)10-11-6-4-5-7-13(11)17/h4-7,12,17H,8-10H2,1-3H3. The molecule has 1 N–H and O–H groups in total. The maximum atomic E-state index is 12.2. The Balaban J connectivity index is 2.09. The average Bonchev–Trinajstić information content (AvgIpc) is 3.09. The van der Waals surface area contributed by atoms with Crippen molar-refractivity contribution in [1.29, 1.82) is 0 Å². The molecule has 0 atom stereocenters. The molecule has 1 aromatic rings. The van der Waals surface area contributed by atoms with E-state index in [9.17, 15) is 9.90 Å². The molecule has 0 heterocycles. The van der Waals surface area contributed by atoms with Crippen LogP contribution < -0.4 is 0 Å². The van der Waals surface area contributed by atoms with Crippen LogP contribution in [0, 0.1) is 0 Å². The third-order valence-corrected chi connectivity index (χ3v) is 2.95. The number of ether oxygens (including phenoxy) is 1. The summed E-state index contributed by atoms with van der Waals surface area (Å²) in [6.45, 7) is 5.97. The van der Waals surface area contributed by atoms with E-state index in [2.05, 4.69) is 0 Å². The first kappa shape index (κ1) is 13.7. The van der Waals surface area contributed by atoms with Gasteiger partial charge in [-0.2, -0.15) is 0 Å². The molecular weight excluding hydrogens is 242 g/mol. The second-order valence-electron chi connectivity index (χ2n) is 5.97. The highest BCUT2D eigenvalue weighted by molar-refractivity contribution is 5.69. The minimum absolute atomic E-state index is 0.219. The van der Waals surface area contributed by atoms with Crippen LogP contribution in [-0.2, 0) is 11.3 Å². The first-order valence-electron chi connectivity index (χ1n) is 6.63. The summed E-state index contributed by atoms with van der Waals surface area (Å²) < 4.78 is 5.42. The van der Waals surface area contributed by atoms with E-state index in [0.29, 0.717) is 6.54 Å². The van der Waals surface area contributed by atoms with E-state index < -0.39 is 5.60 Å². The van der Waals surface area contributed by atoms with Gasteiger partial charge in [-0.25, -0.2) is 4.79 Å². The summed E-state index contributed by atoms with van der Waals surface area (Å²) in [4.78, 5) is 13.9. The molecular formula is C15H21NO3. The summed E-state index contributed by atoms with van der Waals surface area (Å²) in [6.07, 6.45) is 1.71. The summed E-state index contributed by atoms with van der Waals surface area (Å²) in [7, 11) is 0. The molecule has 0 bridgehead atoms. The Labute approximate surface area is 114 Å². The van der Waals surface area contributed by atoms with Gasteiger partial charge in [0.25, 0.3) is 0 Å². The molecule has 0 radical (unpaired) electrons. The molecule has 4 heteroatoms. The Morgan fingerprint density at radius 2 is 2.00 bits per heavy atom. The third kappa shape index (κ3) is 3.88. The zero-order chi connectivity index (χ0) is 14.0. The van der Waals surface area contributed by atoms with Gasteiger partial charge in [-0.15, -0.1) is 0 Å². The predicted molar refractivity (Wildman–Crippen MR) is 72.9 cm³/mol. The van der Waals surface area contributed by atoms with Gasteiger partial charge in [0.1, 0.15) is 11.4 Å². The predicted octanol–water partition coefficient (Wildman–Crippen LogP) is 3.29. The SMILES string of the molecule is CC(C)(C)OC(=O)N(Cc1ccccc1O)C1CC1. The van der Waals surface area contributed by atoms with Crippen molar-refractivity contribution >= 4 is 6.09 Å². The van der Waals surface area contributed by atoms with Crippen LogP contribution in [0.1, 0.15) is 39.2 Å². The maximum absolute atomic E-state index is 12.2. The number of hydrogen-bond acceptors (Lipinski definition) is 3. The van der Waals surface area contributed by atoms with Crippen LogP contribution in [-0.4, -0.2) is 27.7 Å². The number of amides is 1. The minimum Gasteiger partial charge on any atom is -0.508 e. The molecule has 4 nitrogen and oxygen atoms in total. The summed E-state index contributed by atoms with van der Waals surface area (Å²) in [5.41, 5.74) is 0.253. The maximum Gasteiger partial charge on any atom is 0.410 e. The average molecular weight is 263 g/mol. The van der Waals surface area contributed by atoms with Crippen LogP contribution in [0.2, 0.25) is 0 Å².